The average Bonchev–Trinajstić information content (AvgIpc) is 3.04. The molecule has 2 aliphatic rings. The average molecular weight is 397 g/mol. The van der Waals surface area contributed by atoms with Crippen LogP contribution in [0.5, 0.6) is 5.75 Å². The quantitative estimate of drug-likeness (QED) is 0.818. The number of hydrogen-bond acceptors (Lipinski definition) is 6. The van der Waals surface area contributed by atoms with E-state index in [9.17, 15) is 14.7 Å². The number of hydrogen-bond donors (Lipinski definition) is 1. The van der Waals surface area contributed by atoms with Gasteiger partial charge in [-0.25, -0.2) is 9.78 Å². The summed E-state index contributed by atoms with van der Waals surface area (Å²) in [7, 11) is 0. The lowest BCUT2D eigenvalue weighted by Gasteiger charge is -2.32. The van der Waals surface area contributed by atoms with Crippen molar-refractivity contribution < 1.29 is 24.2 Å². The SMILES string of the molecule is O=C(O)c1cc(N2C[C@@H]3COC[C@H](C2)N(C(=O)COc2ccccc2)C3)ccn1. The van der Waals surface area contributed by atoms with Crippen molar-refractivity contribution in [3.63, 3.8) is 0 Å². The van der Waals surface area contributed by atoms with Gasteiger partial charge >= 0.3 is 5.97 Å². The Labute approximate surface area is 168 Å². The standard InChI is InChI=1S/C21H23N3O5/c25-20(14-29-18-4-2-1-3-5-18)24-10-15-9-23(11-17(24)13-28-12-15)16-6-7-22-19(8-16)21(26)27/h1-8,15,17H,9-14H2,(H,26,27)/t15-,17-/m0/s1. The molecule has 29 heavy (non-hydrogen) atoms. The predicted molar refractivity (Wildman–Crippen MR) is 105 cm³/mol. The van der Waals surface area contributed by atoms with Crippen molar-refractivity contribution in [2.45, 2.75) is 6.04 Å². The van der Waals surface area contributed by atoms with E-state index in [0.717, 1.165) is 5.69 Å². The summed E-state index contributed by atoms with van der Waals surface area (Å²) in [5.74, 6) is -0.337. The normalized spacial score (nSPS) is 21.4. The van der Waals surface area contributed by atoms with Crippen LogP contribution in [0.4, 0.5) is 5.69 Å². The molecule has 3 heterocycles. The van der Waals surface area contributed by atoms with Crippen LogP contribution in [0.25, 0.3) is 0 Å². The maximum Gasteiger partial charge on any atom is 0.354 e. The molecule has 4 rings (SSSR count). The molecular weight excluding hydrogens is 374 g/mol. The first-order valence-electron chi connectivity index (χ1n) is 9.59. The molecule has 2 aliphatic heterocycles. The Hall–Kier alpha value is -3.13. The minimum atomic E-state index is -1.06. The molecule has 2 saturated heterocycles. The second kappa shape index (κ2) is 8.48. The van der Waals surface area contributed by atoms with Gasteiger partial charge in [0.2, 0.25) is 0 Å². The van der Waals surface area contributed by atoms with Crippen LogP contribution in [0, 0.1) is 5.92 Å². The minimum absolute atomic E-state index is 0.0114. The number of anilines is 1. The number of carboxylic acids is 1. The molecule has 2 fully saturated rings. The van der Waals surface area contributed by atoms with Crippen molar-refractivity contribution in [3.05, 3.63) is 54.4 Å². The number of benzene rings is 1. The molecule has 1 aromatic carbocycles. The highest BCUT2D eigenvalue weighted by Gasteiger charge is 2.36. The van der Waals surface area contributed by atoms with E-state index in [4.69, 9.17) is 9.47 Å². The van der Waals surface area contributed by atoms with E-state index < -0.39 is 5.97 Å². The Morgan fingerprint density at radius 1 is 1.14 bits per heavy atom. The number of fused-ring (bicyclic) bond motifs is 3. The number of para-hydroxylation sites is 1. The fraction of sp³-hybridized carbons (Fsp3) is 0.381. The third kappa shape index (κ3) is 4.48. The first-order chi connectivity index (χ1) is 14.1. The predicted octanol–water partition coefficient (Wildman–Crippen LogP) is 1.52. The molecule has 0 spiro atoms. The maximum atomic E-state index is 12.9. The Morgan fingerprint density at radius 3 is 2.76 bits per heavy atom. The molecule has 1 aromatic heterocycles. The Morgan fingerprint density at radius 2 is 1.97 bits per heavy atom. The highest BCUT2D eigenvalue weighted by atomic mass is 16.5. The number of rotatable bonds is 5. The van der Waals surface area contributed by atoms with Gasteiger partial charge in [-0.05, 0) is 24.3 Å². The van der Waals surface area contributed by atoms with Crippen molar-refractivity contribution >= 4 is 17.6 Å². The number of aromatic nitrogens is 1. The lowest BCUT2D eigenvalue weighted by Crippen LogP contribution is -2.48. The largest absolute Gasteiger partial charge is 0.484 e. The molecule has 8 nitrogen and oxygen atoms in total. The van der Waals surface area contributed by atoms with Gasteiger partial charge in [0.25, 0.3) is 5.91 Å². The third-order valence-electron chi connectivity index (χ3n) is 5.22. The van der Waals surface area contributed by atoms with E-state index in [0.29, 0.717) is 38.6 Å². The molecule has 1 N–H and O–H groups in total. The van der Waals surface area contributed by atoms with Gasteiger partial charge in [0.15, 0.2) is 6.61 Å². The molecule has 2 bridgehead atoms. The van der Waals surface area contributed by atoms with Crippen LogP contribution in [0.1, 0.15) is 10.5 Å². The number of nitrogens with zero attached hydrogens (tertiary/aromatic N) is 3. The highest BCUT2D eigenvalue weighted by molar-refractivity contribution is 5.86. The molecule has 8 heteroatoms. The topological polar surface area (TPSA) is 92.2 Å². The van der Waals surface area contributed by atoms with E-state index in [1.807, 2.05) is 35.2 Å². The lowest BCUT2D eigenvalue weighted by atomic mass is 10.1. The fourth-order valence-corrected chi connectivity index (χ4v) is 3.84. The number of ether oxygens (including phenoxy) is 2. The number of carboxylic acid groups (broad SMARTS) is 1. The van der Waals surface area contributed by atoms with Crippen LogP contribution in [-0.4, -0.2) is 72.4 Å². The Bertz CT molecular complexity index is 876. The van der Waals surface area contributed by atoms with E-state index in [-0.39, 0.29) is 30.2 Å². The fourth-order valence-electron chi connectivity index (χ4n) is 3.84. The van der Waals surface area contributed by atoms with Gasteiger partial charge in [0, 0.05) is 37.4 Å². The van der Waals surface area contributed by atoms with Gasteiger partial charge in [0.05, 0.1) is 19.3 Å². The van der Waals surface area contributed by atoms with Crippen molar-refractivity contribution in [1.82, 2.24) is 9.88 Å². The summed E-state index contributed by atoms with van der Waals surface area (Å²) in [6.07, 6.45) is 1.51. The smallest absolute Gasteiger partial charge is 0.354 e. The van der Waals surface area contributed by atoms with E-state index in [2.05, 4.69) is 9.88 Å². The molecule has 152 valence electrons. The third-order valence-corrected chi connectivity index (χ3v) is 5.22. The van der Waals surface area contributed by atoms with E-state index in [1.165, 1.54) is 6.20 Å². The monoisotopic (exact) mass is 397 g/mol. The van der Waals surface area contributed by atoms with Crippen LogP contribution in [-0.2, 0) is 9.53 Å². The van der Waals surface area contributed by atoms with Crippen molar-refractivity contribution in [2.75, 3.05) is 44.4 Å². The van der Waals surface area contributed by atoms with Gasteiger partial charge in [-0.2, -0.15) is 0 Å². The first kappa shape index (κ1) is 19.2. The molecular formula is C21H23N3O5. The molecule has 1 amide bonds. The zero-order chi connectivity index (χ0) is 20.2. The summed E-state index contributed by atoms with van der Waals surface area (Å²) in [6.45, 7) is 2.83. The molecule has 2 atom stereocenters. The van der Waals surface area contributed by atoms with Crippen LogP contribution in [0.2, 0.25) is 0 Å². The van der Waals surface area contributed by atoms with E-state index in [1.54, 1.807) is 12.1 Å². The van der Waals surface area contributed by atoms with Gasteiger partial charge in [0.1, 0.15) is 11.4 Å². The van der Waals surface area contributed by atoms with Crippen molar-refractivity contribution in [3.8, 4) is 5.75 Å². The van der Waals surface area contributed by atoms with Crippen molar-refractivity contribution in [2.24, 2.45) is 5.92 Å². The Balaban J connectivity index is 1.48. The van der Waals surface area contributed by atoms with Gasteiger partial charge in [-0.1, -0.05) is 18.2 Å². The summed E-state index contributed by atoms with van der Waals surface area (Å²) < 4.78 is 11.4. The number of carbonyl (C=O) groups is 2. The first-order valence-corrected chi connectivity index (χ1v) is 9.59. The van der Waals surface area contributed by atoms with E-state index >= 15 is 0 Å². The number of carbonyl (C=O) groups excluding carboxylic acids is 1. The summed E-state index contributed by atoms with van der Waals surface area (Å²) in [4.78, 5) is 32.0. The summed E-state index contributed by atoms with van der Waals surface area (Å²) in [5, 5.41) is 9.22. The molecule has 0 unspecified atom stereocenters. The van der Waals surface area contributed by atoms with Crippen LogP contribution in [0.15, 0.2) is 48.7 Å². The summed E-state index contributed by atoms with van der Waals surface area (Å²) in [6, 6.07) is 12.5. The van der Waals surface area contributed by atoms with Crippen molar-refractivity contribution in [1.29, 1.82) is 0 Å². The number of pyridine rings is 1. The number of aromatic carboxylic acids is 1. The number of amides is 1. The highest BCUT2D eigenvalue weighted by Crippen LogP contribution is 2.25. The van der Waals surface area contributed by atoms with Gasteiger partial charge < -0.3 is 24.4 Å². The minimum Gasteiger partial charge on any atom is -0.484 e. The van der Waals surface area contributed by atoms with Crippen LogP contribution < -0.4 is 9.64 Å². The zero-order valence-corrected chi connectivity index (χ0v) is 15.9. The lowest BCUT2D eigenvalue weighted by molar-refractivity contribution is -0.135. The van der Waals surface area contributed by atoms with Crippen LogP contribution in [0.3, 0.4) is 0 Å². The second-order valence-electron chi connectivity index (χ2n) is 7.31. The Kier molecular flexibility index (Phi) is 5.62. The molecule has 0 aliphatic carbocycles. The summed E-state index contributed by atoms with van der Waals surface area (Å²) >= 11 is 0. The second-order valence-corrected chi connectivity index (χ2v) is 7.31. The summed E-state index contributed by atoms with van der Waals surface area (Å²) in [5.41, 5.74) is 0.807. The maximum absolute atomic E-state index is 12.9. The molecule has 0 radical (unpaired) electrons. The molecule has 2 aromatic rings. The molecule has 0 saturated carbocycles. The van der Waals surface area contributed by atoms with Crippen LogP contribution >= 0.6 is 0 Å². The zero-order valence-electron chi connectivity index (χ0n) is 15.9. The van der Waals surface area contributed by atoms with Gasteiger partial charge in [-0.15, -0.1) is 0 Å². The van der Waals surface area contributed by atoms with Gasteiger partial charge in [-0.3, -0.25) is 4.79 Å².